The Bertz CT molecular complexity index is 412. The fraction of sp³-hybridized carbons (Fsp3) is 0.882. The highest BCUT2D eigenvalue weighted by atomic mass is 16.2. The van der Waals surface area contributed by atoms with Gasteiger partial charge in [0.1, 0.15) is 0 Å². The highest BCUT2D eigenvalue weighted by molar-refractivity contribution is 5.89. The van der Waals surface area contributed by atoms with Crippen LogP contribution in [0, 0.1) is 11.8 Å². The Labute approximate surface area is 133 Å². The van der Waals surface area contributed by atoms with Crippen LogP contribution in [0.1, 0.15) is 51.9 Å². The van der Waals surface area contributed by atoms with Crippen molar-refractivity contribution in [3.8, 4) is 0 Å². The van der Waals surface area contributed by atoms with Crippen molar-refractivity contribution in [3.05, 3.63) is 0 Å². The predicted molar refractivity (Wildman–Crippen MR) is 85.3 cm³/mol. The third-order valence-electron chi connectivity index (χ3n) is 5.64. The molecule has 22 heavy (non-hydrogen) atoms. The third-order valence-corrected chi connectivity index (χ3v) is 5.64. The SMILES string of the molecule is CC1CCC(N2CC(C(=O)NC3CCNCC3)CC2=O)CC1. The number of hydrogen-bond donors (Lipinski definition) is 2. The molecule has 0 bridgehead atoms. The van der Waals surface area contributed by atoms with Gasteiger partial charge in [0.05, 0.1) is 5.92 Å². The van der Waals surface area contributed by atoms with Crippen molar-refractivity contribution < 1.29 is 9.59 Å². The van der Waals surface area contributed by atoms with Crippen molar-refractivity contribution >= 4 is 11.8 Å². The van der Waals surface area contributed by atoms with Crippen LogP contribution in [0.15, 0.2) is 0 Å². The molecular weight excluding hydrogens is 278 g/mol. The highest BCUT2D eigenvalue weighted by Gasteiger charge is 2.39. The van der Waals surface area contributed by atoms with Gasteiger partial charge in [0.25, 0.3) is 0 Å². The molecule has 2 amide bonds. The molecule has 1 atom stereocenters. The zero-order chi connectivity index (χ0) is 15.5. The van der Waals surface area contributed by atoms with Crippen LogP contribution in [-0.2, 0) is 9.59 Å². The summed E-state index contributed by atoms with van der Waals surface area (Å²) >= 11 is 0. The molecule has 1 unspecified atom stereocenters. The fourth-order valence-corrected chi connectivity index (χ4v) is 4.10. The highest BCUT2D eigenvalue weighted by Crippen LogP contribution is 2.31. The van der Waals surface area contributed by atoms with Crippen molar-refractivity contribution in [1.29, 1.82) is 0 Å². The molecule has 124 valence electrons. The second kappa shape index (κ2) is 6.99. The van der Waals surface area contributed by atoms with E-state index in [1.165, 1.54) is 12.8 Å². The smallest absolute Gasteiger partial charge is 0.225 e. The summed E-state index contributed by atoms with van der Waals surface area (Å²) in [4.78, 5) is 26.7. The zero-order valence-electron chi connectivity index (χ0n) is 13.6. The number of amides is 2. The van der Waals surface area contributed by atoms with Crippen molar-refractivity contribution in [1.82, 2.24) is 15.5 Å². The van der Waals surface area contributed by atoms with E-state index in [1.54, 1.807) is 0 Å². The molecule has 0 spiro atoms. The maximum Gasteiger partial charge on any atom is 0.225 e. The van der Waals surface area contributed by atoms with Crippen LogP contribution in [0.25, 0.3) is 0 Å². The Morgan fingerprint density at radius 2 is 1.82 bits per heavy atom. The molecule has 0 aromatic carbocycles. The molecule has 3 rings (SSSR count). The minimum atomic E-state index is -0.137. The third kappa shape index (κ3) is 3.62. The van der Waals surface area contributed by atoms with Gasteiger partial charge in [-0.25, -0.2) is 0 Å². The number of carbonyl (C=O) groups is 2. The Hall–Kier alpha value is -1.10. The van der Waals surface area contributed by atoms with Crippen molar-refractivity contribution in [2.75, 3.05) is 19.6 Å². The predicted octanol–water partition coefficient (Wildman–Crippen LogP) is 1.28. The second-order valence-corrected chi connectivity index (χ2v) is 7.39. The molecule has 2 aliphatic heterocycles. The summed E-state index contributed by atoms with van der Waals surface area (Å²) in [7, 11) is 0. The van der Waals surface area contributed by atoms with E-state index < -0.39 is 0 Å². The van der Waals surface area contributed by atoms with E-state index in [0.29, 0.717) is 19.0 Å². The lowest BCUT2D eigenvalue weighted by molar-refractivity contribution is -0.131. The summed E-state index contributed by atoms with van der Waals surface area (Å²) in [6.07, 6.45) is 7.03. The van der Waals surface area contributed by atoms with Gasteiger partial charge in [0, 0.05) is 25.0 Å². The molecule has 0 aromatic rings. The molecule has 0 radical (unpaired) electrons. The van der Waals surface area contributed by atoms with E-state index in [-0.39, 0.29) is 23.8 Å². The minimum absolute atomic E-state index is 0.0897. The lowest BCUT2D eigenvalue weighted by Gasteiger charge is -2.33. The van der Waals surface area contributed by atoms with Gasteiger partial charge in [-0.15, -0.1) is 0 Å². The molecule has 0 aromatic heterocycles. The van der Waals surface area contributed by atoms with E-state index >= 15 is 0 Å². The first-order valence-corrected chi connectivity index (χ1v) is 8.94. The number of carbonyl (C=O) groups excluding carboxylic acids is 2. The lowest BCUT2D eigenvalue weighted by Crippen LogP contribution is -2.45. The van der Waals surface area contributed by atoms with E-state index in [4.69, 9.17) is 0 Å². The van der Waals surface area contributed by atoms with Crippen LogP contribution >= 0.6 is 0 Å². The van der Waals surface area contributed by atoms with Crippen molar-refractivity contribution in [3.63, 3.8) is 0 Å². The maximum atomic E-state index is 12.4. The zero-order valence-corrected chi connectivity index (χ0v) is 13.6. The lowest BCUT2D eigenvalue weighted by atomic mass is 9.86. The van der Waals surface area contributed by atoms with Crippen LogP contribution < -0.4 is 10.6 Å². The van der Waals surface area contributed by atoms with E-state index in [1.807, 2.05) is 4.90 Å². The molecule has 5 nitrogen and oxygen atoms in total. The van der Waals surface area contributed by atoms with Crippen LogP contribution in [0.5, 0.6) is 0 Å². The molecule has 3 aliphatic rings. The molecule has 2 N–H and O–H groups in total. The van der Waals surface area contributed by atoms with Gasteiger partial charge in [-0.3, -0.25) is 9.59 Å². The van der Waals surface area contributed by atoms with Crippen molar-refractivity contribution in [2.24, 2.45) is 11.8 Å². The van der Waals surface area contributed by atoms with Gasteiger partial charge in [0.2, 0.25) is 11.8 Å². The number of piperidine rings is 1. The molecule has 2 saturated heterocycles. The topological polar surface area (TPSA) is 61.4 Å². The van der Waals surface area contributed by atoms with Crippen LogP contribution in [0.2, 0.25) is 0 Å². The van der Waals surface area contributed by atoms with Gasteiger partial charge in [-0.05, 0) is 57.5 Å². The van der Waals surface area contributed by atoms with Gasteiger partial charge in [-0.1, -0.05) is 6.92 Å². The summed E-state index contributed by atoms with van der Waals surface area (Å²) in [5.41, 5.74) is 0. The van der Waals surface area contributed by atoms with Gasteiger partial charge < -0.3 is 15.5 Å². The summed E-state index contributed by atoms with van der Waals surface area (Å²) in [6.45, 7) is 4.87. The molecule has 1 saturated carbocycles. The molecule has 1 aliphatic carbocycles. The Kier molecular flexibility index (Phi) is 5.01. The van der Waals surface area contributed by atoms with Crippen LogP contribution in [0.3, 0.4) is 0 Å². The van der Waals surface area contributed by atoms with Crippen molar-refractivity contribution in [2.45, 2.75) is 64.0 Å². The molecule has 2 heterocycles. The summed E-state index contributed by atoms with van der Waals surface area (Å²) < 4.78 is 0. The summed E-state index contributed by atoms with van der Waals surface area (Å²) in [6, 6.07) is 0.661. The standard InChI is InChI=1S/C17H29N3O2/c1-12-2-4-15(5-3-12)20-11-13(10-16(20)21)17(22)19-14-6-8-18-9-7-14/h12-15,18H,2-11H2,1H3,(H,19,22). The Balaban J connectivity index is 1.51. The van der Waals surface area contributed by atoms with E-state index in [0.717, 1.165) is 44.7 Å². The number of nitrogens with zero attached hydrogens (tertiary/aromatic N) is 1. The monoisotopic (exact) mass is 307 g/mol. The van der Waals surface area contributed by atoms with E-state index in [9.17, 15) is 9.59 Å². The Morgan fingerprint density at radius 1 is 1.14 bits per heavy atom. The van der Waals surface area contributed by atoms with Crippen LogP contribution in [-0.4, -0.2) is 48.4 Å². The quantitative estimate of drug-likeness (QED) is 0.826. The first-order chi connectivity index (χ1) is 10.6. The first kappa shape index (κ1) is 15.8. The summed E-state index contributed by atoms with van der Waals surface area (Å²) in [5, 5.41) is 6.46. The fourth-order valence-electron chi connectivity index (χ4n) is 4.10. The van der Waals surface area contributed by atoms with E-state index in [2.05, 4.69) is 17.6 Å². The van der Waals surface area contributed by atoms with Gasteiger partial charge in [0.15, 0.2) is 0 Å². The number of rotatable bonds is 3. The molecular formula is C17H29N3O2. The number of likely N-dealkylation sites (tertiary alicyclic amines) is 1. The normalized spacial score (nSPS) is 34.0. The Morgan fingerprint density at radius 3 is 2.50 bits per heavy atom. The molecule has 5 heteroatoms. The number of nitrogens with one attached hydrogen (secondary N) is 2. The minimum Gasteiger partial charge on any atom is -0.353 e. The second-order valence-electron chi connectivity index (χ2n) is 7.39. The number of hydrogen-bond acceptors (Lipinski definition) is 3. The van der Waals surface area contributed by atoms with Gasteiger partial charge in [-0.2, -0.15) is 0 Å². The molecule has 3 fully saturated rings. The first-order valence-electron chi connectivity index (χ1n) is 8.94. The average molecular weight is 307 g/mol. The van der Waals surface area contributed by atoms with Gasteiger partial charge >= 0.3 is 0 Å². The van der Waals surface area contributed by atoms with Crippen LogP contribution in [0.4, 0.5) is 0 Å². The average Bonchev–Trinajstić information content (AvgIpc) is 2.91. The maximum absolute atomic E-state index is 12.4. The summed E-state index contributed by atoms with van der Waals surface area (Å²) in [5.74, 6) is 0.923. The largest absolute Gasteiger partial charge is 0.353 e.